The Labute approximate surface area is 198 Å². The summed E-state index contributed by atoms with van der Waals surface area (Å²) in [7, 11) is 1.53. The van der Waals surface area contributed by atoms with Crippen molar-refractivity contribution >= 4 is 46.6 Å². The molecule has 0 atom stereocenters. The zero-order valence-electron chi connectivity index (χ0n) is 16.9. The molecule has 0 aliphatic heterocycles. The summed E-state index contributed by atoms with van der Waals surface area (Å²) in [6.45, 7) is 0.401. The normalized spacial score (nSPS) is 10.8. The molecule has 2 heterocycles. The number of methoxy groups -OCH3 is 1. The Kier molecular flexibility index (Phi) is 7.04. The van der Waals surface area contributed by atoms with Crippen LogP contribution in [0.1, 0.15) is 5.76 Å². The minimum Gasteiger partial charge on any atom is -0.495 e. The first-order chi connectivity index (χ1) is 15.5. The van der Waals surface area contributed by atoms with Crippen molar-refractivity contribution in [1.29, 1.82) is 0 Å². The summed E-state index contributed by atoms with van der Waals surface area (Å²) in [5.74, 6) is 1.79. The second kappa shape index (κ2) is 10.1. The molecule has 2 aromatic heterocycles. The number of benzene rings is 2. The number of rotatable bonds is 8. The van der Waals surface area contributed by atoms with E-state index in [2.05, 4.69) is 15.5 Å². The molecule has 0 saturated heterocycles. The smallest absolute Gasteiger partial charge is 0.234 e. The van der Waals surface area contributed by atoms with Gasteiger partial charge in [-0.2, -0.15) is 0 Å². The van der Waals surface area contributed by atoms with Crippen molar-refractivity contribution in [2.75, 3.05) is 18.2 Å². The third kappa shape index (κ3) is 5.09. The van der Waals surface area contributed by atoms with Crippen molar-refractivity contribution < 1.29 is 13.9 Å². The first-order valence-corrected chi connectivity index (χ1v) is 11.3. The fraction of sp³-hybridized carbons (Fsp3) is 0.136. The molecule has 0 spiro atoms. The number of halogens is 2. The number of carbonyl (C=O) groups excluding carboxylic acids is 1. The van der Waals surface area contributed by atoms with E-state index in [0.717, 1.165) is 11.3 Å². The number of hydrogen-bond donors (Lipinski definition) is 1. The highest BCUT2D eigenvalue weighted by molar-refractivity contribution is 7.99. The molecular formula is C22H18Cl2N4O3S. The number of anilines is 1. The van der Waals surface area contributed by atoms with Gasteiger partial charge in [0.1, 0.15) is 11.5 Å². The second-order valence-corrected chi connectivity index (χ2v) is 8.39. The van der Waals surface area contributed by atoms with Crippen LogP contribution in [-0.2, 0) is 11.3 Å². The van der Waals surface area contributed by atoms with Gasteiger partial charge in [0.15, 0.2) is 11.0 Å². The van der Waals surface area contributed by atoms with E-state index in [4.69, 9.17) is 32.4 Å². The van der Waals surface area contributed by atoms with Gasteiger partial charge in [0, 0.05) is 11.3 Å². The van der Waals surface area contributed by atoms with E-state index in [-0.39, 0.29) is 11.7 Å². The van der Waals surface area contributed by atoms with Crippen LogP contribution < -0.4 is 10.1 Å². The van der Waals surface area contributed by atoms with Crippen LogP contribution in [-0.4, -0.2) is 33.5 Å². The van der Waals surface area contributed by atoms with Gasteiger partial charge in [-0.1, -0.05) is 47.1 Å². The number of nitrogens with one attached hydrogen (secondary N) is 1. The number of carbonyl (C=O) groups is 1. The summed E-state index contributed by atoms with van der Waals surface area (Å²) in [6.07, 6.45) is 1.61. The van der Waals surface area contributed by atoms with E-state index in [1.165, 1.54) is 18.9 Å². The average Bonchev–Trinajstić information content (AvgIpc) is 3.43. The quantitative estimate of drug-likeness (QED) is 0.323. The maximum Gasteiger partial charge on any atom is 0.234 e. The lowest BCUT2D eigenvalue weighted by Gasteiger charge is -2.10. The van der Waals surface area contributed by atoms with Crippen LogP contribution >= 0.6 is 35.0 Å². The Hall–Kier alpha value is -2.94. The van der Waals surface area contributed by atoms with Gasteiger partial charge in [0.25, 0.3) is 0 Å². The molecule has 0 saturated carbocycles. The van der Waals surface area contributed by atoms with Crippen molar-refractivity contribution in [2.24, 2.45) is 0 Å². The highest BCUT2D eigenvalue weighted by atomic mass is 35.5. The summed E-state index contributed by atoms with van der Waals surface area (Å²) in [6, 6.07) is 16.1. The van der Waals surface area contributed by atoms with Gasteiger partial charge >= 0.3 is 0 Å². The predicted molar refractivity (Wildman–Crippen MR) is 126 cm³/mol. The lowest BCUT2D eigenvalue weighted by atomic mass is 10.2. The number of thioether (sulfide) groups is 1. The van der Waals surface area contributed by atoms with Gasteiger partial charge in [-0.15, -0.1) is 10.2 Å². The molecule has 0 fully saturated rings. The first kappa shape index (κ1) is 22.3. The number of nitrogens with zero attached hydrogens (tertiary/aromatic N) is 3. The highest BCUT2D eigenvalue weighted by Gasteiger charge is 2.18. The Balaban J connectivity index is 1.52. The van der Waals surface area contributed by atoms with E-state index < -0.39 is 0 Å². The Morgan fingerprint density at radius 3 is 2.69 bits per heavy atom. The predicted octanol–water partition coefficient (Wildman–Crippen LogP) is 5.63. The standard InChI is InChI=1S/C22H18Cl2N4O3S/c1-30-19-9-8-14(11-18(19)24)25-20(29)13-32-22-27-26-21(16-6-2-3-7-17(16)23)28(22)12-15-5-4-10-31-15/h2-11H,12-13H2,1H3,(H,25,29). The second-order valence-electron chi connectivity index (χ2n) is 6.64. The Bertz CT molecular complexity index is 1230. The van der Waals surface area contributed by atoms with E-state index >= 15 is 0 Å². The third-order valence-corrected chi connectivity index (χ3v) is 6.09. The monoisotopic (exact) mass is 488 g/mol. The molecule has 0 unspecified atom stereocenters. The molecule has 32 heavy (non-hydrogen) atoms. The average molecular weight is 489 g/mol. The molecule has 1 amide bonds. The summed E-state index contributed by atoms with van der Waals surface area (Å²) in [5, 5.41) is 13.0. The molecule has 164 valence electrons. The van der Waals surface area contributed by atoms with E-state index in [0.29, 0.717) is 39.0 Å². The lowest BCUT2D eigenvalue weighted by molar-refractivity contribution is -0.113. The maximum absolute atomic E-state index is 12.5. The number of ether oxygens (including phenoxy) is 1. The Morgan fingerprint density at radius 1 is 1.12 bits per heavy atom. The molecule has 2 aromatic carbocycles. The number of amides is 1. The van der Waals surface area contributed by atoms with Gasteiger partial charge < -0.3 is 14.5 Å². The van der Waals surface area contributed by atoms with Crippen LogP contribution in [0.4, 0.5) is 5.69 Å². The van der Waals surface area contributed by atoms with E-state index in [1.807, 2.05) is 34.9 Å². The van der Waals surface area contributed by atoms with Crippen LogP contribution in [0, 0.1) is 0 Å². The zero-order chi connectivity index (χ0) is 22.5. The number of aromatic nitrogens is 3. The Morgan fingerprint density at radius 2 is 1.97 bits per heavy atom. The minimum absolute atomic E-state index is 0.127. The molecule has 7 nitrogen and oxygen atoms in total. The molecule has 4 aromatic rings. The van der Waals surface area contributed by atoms with Gasteiger partial charge in [0.05, 0.1) is 35.7 Å². The SMILES string of the molecule is COc1ccc(NC(=O)CSc2nnc(-c3ccccc3Cl)n2Cc2ccco2)cc1Cl. The molecule has 10 heteroatoms. The largest absolute Gasteiger partial charge is 0.495 e. The molecule has 0 radical (unpaired) electrons. The topological polar surface area (TPSA) is 82.2 Å². The van der Waals surface area contributed by atoms with Crippen LogP contribution in [0.5, 0.6) is 5.75 Å². The number of hydrogen-bond acceptors (Lipinski definition) is 6. The molecule has 0 aliphatic rings. The summed E-state index contributed by atoms with van der Waals surface area (Å²) in [5.41, 5.74) is 1.33. The molecule has 0 aliphatic carbocycles. The van der Waals surface area contributed by atoms with Crippen LogP contribution in [0.25, 0.3) is 11.4 Å². The van der Waals surface area contributed by atoms with Crippen LogP contribution in [0.2, 0.25) is 10.0 Å². The van der Waals surface area contributed by atoms with Crippen molar-refractivity contribution in [1.82, 2.24) is 14.8 Å². The van der Waals surface area contributed by atoms with Crippen molar-refractivity contribution in [3.8, 4) is 17.1 Å². The maximum atomic E-state index is 12.5. The fourth-order valence-electron chi connectivity index (χ4n) is 3.01. The van der Waals surface area contributed by atoms with E-state index in [9.17, 15) is 4.79 Å². The fourth-order valence-corrected chi connectivity index (χ4v) is 4.23. The molecule has 1 N–H and O–H groups in total. The van der Waals surface area contributed by atoms with Crippen LogP contribution in [0.3, 0.4) is 0 Å². The summed E-state index contributed by atoms with van der Waals surface area (Å²) >= 11 is 13.8. The van der Waals surface area contributed by atoms with Gasteiger partial charge in [-0.05, 0) is 42.5 Å². The zero-order valence-corrected chi connectivity index (χ0v) is 19.2. The van der Waals surface area contributed by atoms with Crippen molar-refractivity contribution in [2.45, 2.75) is 11.7 Å². The summed E-state index contributed by atoms with van der Waals surface area (Å²) < 4.78 is 12.5. The third-order valence-electron chi connectivity index (χ3n) is 4.49. The lowest BCUT2D eigenvalue weighted by Crippen LogP contribution is -2.15. The molecular weight excluding hydrogens is 471 g/mol. The van der Waals surface area contributed by atoms with Crippen LogP contribution in [0.15, 0.2) is 70.4 Å². The van der Waals surface area contributed by atoms with E-state index in [1.54, 1.807) is 30.5 Å². The number of furan rings is 1. The molecule has 4 rings (SSSR count). The van der Waals surface area contributed by atoms with Crippen molar-refractivity contribution in [3.63, 3.8) is 0 Å². The summed E-state index contributed by atoms with van der Waals surface area (Å²) in [4.78, 5) is 12.5. The minimum atomic E-state index is -0.205. The van der Waals surface area contributed by atoms with Gasteiger partial charge in [0.2, 0.25) is 5.91 Å². The van der Waals surface area contributed by atoms with Gasteiger partial charge in [-0.3, -0.25) is 9.36 Å². The van der Waals surface area contributed by atoms with Crippen molar-refractivity contribution in [3.05, 3.63) is 76.7 Å². The molecule has 0 bridgehead atoms. The first-order valence-electron chi connectivity index (χ1n) is 9.52. The van der Waals surface area contributed by atoms with Gasteiger partial charge in [-0.25, -0.2) is 0 Å². The highest BCUT2D eigenvalue weighted by Crippen LogP contribution is 2.31.